The molecule has 2 amide bonds. The number of methoxy groups -OCH3 is 1. The fraction of sp³-hybridized carbons (Fsp3) is 0.429. The summed E-state index contributed by atoms with van der Waals surface area (Å²) in [5.74, 6) is -0.446. The molecule has 7 heteroatoms. The van der Waals surface area contributed by atoms with Crippen molar-refractivity contribution in [1.29, 1.82) is 0 Å². The molecule has 114 valence electrons. The molecular formula is C14H18N2O5. The highest BCUT2D eigenvalue weighted by Crippen LogP contribution is 2.22. The molecule has 21 heavy (non-hydrogen) atoms. The molecule has 1 aromatic rings. The van der Waals surface area contributed by atoms with Gasteiger partial charge >= 0.3 is 12.0 Å². The molecule has 0 atom stereocenters. The first-order valence-corrected chi connectivity index (χ1v) is 6.60. The highest BCUT2D eigenvalue weighted by atomic mass is 16.5. The molecule has 1 heterocycles. The van der Waals surface area contributed by atoms with E-state index in [0.29, 0.717) is 24.7 Å². The molecule has 0 bridgehead atoms. The number of urea groups is 1. The maximum atomic E-state index is 12.0. The van der Waals surface area contributed by atoms with Gasteiger partial charge in [0.1, 0.15) is 11.3 Å². The first-order chi connectivity index (χ1) is 10.1. The molecule has 0 aromatic heterocycles. The van der Waals surface area contributed by atoms with Gasteiger partial charge in [-0.25, -0.2) is 9.59 Å². The number of hydrogen-bond acceptors (Lipinski definition) is 4. The van der Waals surface area contributed by atoms with Gasteiger partial charge in [0.15, 0.2) is 0 Å². The van der Waals surface area contributed by atoms with E-state index in [0.717, 1.165) is 0 Å². The van der Waals surface area contributed by atoms with E-state index in [-0.39, 0.29) is 12.8 Å². The lowest BCUT2D eigenvalue weighted by Gasteiger charge is -2.33. The maximum absolute atomic E-state index is 12.0. The van der Waals surface area contributed by atoms with Crippen molar-refractivity contribution in [2.75, 3.05) is 25.6 Å². The van der Waals surface area contributed by atoms with E-state index in [9.17, 15) is 14.7 Å². The molecule has 1 fully saturated rings. The third-order valence-corrected chi connectivity index (χ3v) is 3.44. The standard InChI is InChI=1S/C14H18N2O5/c1-20-11-4-2-3-10(9-11)15-13(19)16-14(12(17)18)5-7-21-8-6-14/h2-4,9H,5-8H2,1H3,(H,17,18)(H2,15,16,19). The van der Waals surface area contributed by atoms with Gasteiger partial charge in [-0.2, -0.15) is 0 Å². The Morgan fingerprint density at radius 1 is 1.33 bits per heavy atom. The lowest BCUT2D eigenvalue weighted by atomic mass is 9.90. The zero-order chi connectivity index (χ0) is 15.3. The van der Waals surface area contributed by atoms with Crippen LogP contribution in [0.4, 0.5) is 10.5 Å². The Kier molecular flexibility index (Phi) is 4.64. The molecule has 1 aliphatic heterocycles. The Hall–Kier alpha value is -2.28. The average Bonchev–Trinajstić information content (AvgIpc) is 2.48. The molecule has 0 spiro atoms. The number of carbonyl (C=O) groups excluding carboxylic acids is 1. The smallest absolute Gasteiger partial charge is 0.329 e. The second-order valence-electron chi connectivity index (χ2n) is 4.81. The van der Waals surface area contributed by atoms with Gasteiger partial charge in [-0.05, 0) is 12.1 Å². The highest BCUT2D eigenvalue weighted by molar-refractivity contribution is 5.94. The Balaban J connectivity index is 2.03. The molecular weight excluding hydrogens is 276 g/mol. The summed E-state index contributed by atoms with van der Waals surface area (Å²) in [4.78, 5) is 23.5. The number of carboxylic acids is 1. The van der Waals surface area contributed by atoms with Crippen molar-refractivity contribution in [3.05, 3.63) is 24.3 Å². The molecule has 2 rings (SSSR count). The summed E-state index contributed by atoms with van der Waals surface area (Å²) in [6, 6.07) is 6.26. The van der Waals surface area contributed by atoms with Gasteiger partial charge in [0.2, 0.25) is 0 Å². The van der Waals surface area contributed by atoms with Crippen LogP contribution in [0.2, 0.25) is 0 Å². The van der Waals surface area contributed by atoms with Crippen LogP contribution in [-0.2, 0) is 9.53 Å². The highest BCUT2D eigenvalue weighted by Gasteiger charge is 2.41. The number of benzene rings is 1. The summed E-state index contributed by atoms with van der Waals surface area (Å²) in [6.07, 6.45) is 0.488. The van der Waals surface area contributed by atoms with Crippen LogP contribution in [0.5, 0.6) is 5.75 Å². The minimum atomic E-state index is -1.28. The van der Waals surface area contributed by atoms with E-state index >= 15 is 0 Å². The molecule has 1 aromatic carbocycles. The summed E-state index contributed by atoms with van der Waals surface area (Å²) >= 11 is 0. The van der Waals surface area contributed by atoms with Crippen LogP contribution >= 0.6 is 0 Å². The van der Waals surface area contributed by atoms with Crippen molar-refractivity contribution >= 4 is 17.7 Å². The fourth-order valence-corrected chi connectivity index (χ4v) is 2.19. The predicted molar refractivity (Wildman–Crippen MR) is 75.6 cm³/mol. The van der Waals surface area contributed by atoms with Crippen molar-refractivity contribution in [3.8, 4) is 5.75 Å². The van der Waals surface area contributed by atoms with Crippen LogP contribution in [0.3, 0.4) is 0 Å². The van der Waals surface area contributed by atoms with Gasteiger partial charge < -0.3 is 25.2 Å². The third kappa shape index (κ3) is 3.63. The summed E-state index contributed by atoms with van der Waals surface area (Å²) in [7, 11) is 1.53. The van der Waals surface area contributed by atoms with Crippen molar-refractivity contribution in [2.45, 2.75) is 18.4 Å². The number of rotatable bonds is 4. The predicted octanol–water partition coefficient (Wildman–Crippen LogP) is 1.45. The number of ether oxygens (including phenoxy) is 2. The minimum absolute atomic E-state index is 0.244. The number of anilines is 1. The number of hydrogen-bond donors (Lipinski definition) is 3. The molecule has 1 aliphatic rings. The summed E-state index contributed by atoms with van der Waals surface area (Å²) in [5, 5.41) is 14.5. The van der Waals surface area contributed by atoms with Crippen LogP contribution < -0.4 is 15.4 Å². The molecule has 0 radical (unpaired) electrons. The van der Waals surface area contributed by atoms with Crippen LogP contribution in [0.25, 0.3) is 0 Å². The summed E-state index contributed by atoms with van der Waals surface area (Å²) < 4.78 is 10.2. The maximum Gasteiger partial charge on any atom is 0.329 e. The van der Waals surface area contributed by atoms with Gasteiger partial charge in [0, 0.05) is 37.8 Å². The number of carbonyl (C=O) groups is 2. The van der Waals surface area contributed by atoms with Gasteiger partial charge in [0.25, 0.3) is 0 Å². The van der Waals surface area contributed by atoms with Crippen molar-refractivity contribution in [2.24, 2.45) is 0 Å². The number of carboxylic acid groups (broad SMARTS) is 1. The van der Waals surface area contributed by atoms with E-state index in [1.54, 1.807) is 24.3 Å². The normalized spacial score (nSPS) is 16.8. The van der Waals surface area contributed by atoms with Gasteiger partial charge in [-0.3, -0.25) is 0 Å². The monoisotopic (exact) mass is 294 g/mol. The van der Waals surface area contributed by atoms with E-state index in [1.165, 1.54) is 7.11 Å². The van der Waals surface area contributed by atoms with E-state index in [2.05, 4.69) is 10.6 Å². The van der Waals surface area contributed by atoms with Gasteiger partial charge in [0.05, 0.1) is 7.11 Å². The topological polar surface area (TPSA) is 96.9 Å². The molecule has 0 unspecified atom stereocenters. The van der Waals surface area contributed by atoms with Gasteiger partial charge in [-0.1, -0.05) is 6.07 Å². The molecule has 3 N–H and O–H groups in total. The Labute approximate surface area is 122 Å². The SMILES string of the molecule is COc1cccc(NC(=O)NC2(C(=O)O)CCOCC2)c1. The third-order valence-electron chi connectivity index (χ3n) is 3.44. The lowest BCUT2D eigenvalue weighted by Crippen LogP contribution is -2.58. The van der Waals surface area contributed by atoms with E-state index in [1.807, 2.05) is 0 Å². The molecule has 1 saturated heterocycles. The Bertz CT molecular complexity index is 526. The lowest BCUT2D eigenvalue weighted by molar-refractivity contribution is -0.148. The van der Waals surface area contributed by atoms with Crippen molar-refractivity contribution in [3.63, 3.8) is 0 Å². The molecule has 0 saturated carbocycles. The largest absolute Gasteiger partial charge is 0.497 e. The molecule has 0 aliphatic carbocycles. The fourth-order valence-electron chi connectivity index (χ4n) is 2.19. The van der Waals surface area contributed by atoms with E-state index < -0.39 is 17.5 Å². The van der Waals surface area contributed by atoms with E-state index in [4.69, 9.17) is 9.47 Å². The quantitative estimate of drug-likeness (QED) is 0.781. The minimum Gasteiger partial charge on any atom is -0.497 e. The Morgan fingerprint density at radius 3 is 2.67 bits per heavy atom. The second kappa shape index (κ2) is 6.45. The Morgan fingerprint density at radius 2 is 2.05 bits per heavy atom. The van der Waals surface area contributed by atoms with Crippen molar-refractivity contribution in [1.82, 2.24) is 5.32 Å². The number of aliphatic carboxylic acids is 1. The van der Waals surface area contributed by atoms with Crippen LogP contribution in [-0.4, -0.2) is 43.0 Å². The van der Waals surface area contributed by atoms with Crippen molar-refractivity contribution < 1.29 is 24.2 Å². The first-order valence-electron chi connectivity index (χ1n) is 6.60. The first kappa shape index (κ1) is 15.1. The zero-order valence-corrected chi connectivity index (χ0v) is 11.7. The number of amides is 2. The molecule has 7 nitrogen and oxygen atoms in total. The summed E-state index contributed by atoms with van der Waals surface area (Å²) in [6.45, 7) is 0.622. The number of nitrogens with one attached hydrogen (secondary N) is 2. The van der Waals surface area contributed by atoms with Gasteiger partial charge in [-0.15, -0.1) is 0 Å². The second-order valence-corrected chi connectivity index (χ2v) is 4.81. The zero-order valence-electron chi connectivity index (χ0n) is 11.7. The van der Waals surface area contributed by atoms with Crippen LogP contribution in [0.1, 0.15) is 12.8 Å². The average molecular weight is 294 g/mol. The van der Waals surface area contributed by atoms with Crippen LogP contribution in [0, 0.1) is 0 Å². The summed E-state index contributed by atoms with van der Waals surface area (Å²) in [5.41, 5.74) is -0.749. The van der Waals surface area contributed by atoms with Crippen LogP contribution in [0.15, 0.2) is 24.3 Å².